The van der Waals surface area contributed by atoms with Crippen LogP contribution in [0.2, 0.25) is 0 Å². The summed E-state index contributed by atoms with van der Waals surface area (Å²) in [5.74, 6) is -0.0444. The van der Waals surface area contributed by atoms with E-state index in [2.05, 4.69) is 10.6 Å². The minimum absolute atomic E-state index is 0.0444. The fourth-order valence-electron chi connectivity index (χ4n) is 1.58. The number of rotatable bonds is 11. The number of amides is 2. The van der Waals surface area contributed by atoms with Crippen molar-refractivity contribution in [3.63, 3.8) is 0 Å². The number of hydrogen-bond donors (Lipinski definition) is 2. The summed E-state index contributed by atoms with van der Waals surface area (Å²) in [6.45, 7) is 1.70. The van der Waals surface area contributed by atoms with Gasteiger partial charge in [-0.2, -0.15) is 0 Å². The molecule has 0 saturated carbocycles. The van der Waals surface area contributed by atoms with Gasteiger partial charge in [-0.05, 0) is 0 Å². The molecule has 0 aromatic rings. The average Bonchev–Trinajstić information content (AvgIpc) is 2.31. The van der Waals surface area contributed by atoms with Crippen LogP contribution in [0.3, 0.4) is 0 Å². The first-order valence-electron chi connectivity index (χ1n) is 6.45. The van der Waals surface area contributed by atoms with E-state index in [0.717, 1.165) is 32.4 Å². The van der Waals surface area contributed by atoms with E-state index in [1.54, 1.807) is 0 Å². The molecule has 0 unspecified atom stereocenters. The van der Waals surface area contributed by atoms with Crippen LogP contribution in [0.25, 0.3) is 0 Å². The van der Waals surface area contributed by atoms with Gasteiger partial charge in [-0.1, -0.05) is 0 Å². The van der Waals surface area contributed by atoms with E-state index in [4.69, 9.17) is 4.74 Å². The third-order valence-electron chi connectivity index (χ3n) is 2.50. The zero-order valence-electron chi connectivity index (χ0n) is 11.2. The van der Waals surface area contributed by atoms with Crippen LogP contribution in [0.15, 0.2) is 0 Å². The van der Waals surface area contributed by atoms with Gasteiger partial charge in [-0.25, -0.2) is 0 Å². The van der Waals surface area contributed by atoms with Crippen LogP contribution in [0.5, 0.6) is 0 Å². The Kier molecular flexibility index (Phi) is 13.1. The summed E-state index contributed by atoms with van der Waals surface area (Å²) < 4.78 is 4.92. The predicted molar refractivity (Wildman–Crippen MR) is 71.7 cm³/mol. The molecule has 0 spiro atoms. The molecule has 2 amide bonds. The monoisotopic (exact) mass is 448 g/mol. The van der Waals surface area contributed by atoms with E-state index in [9.17, 15) is 9.59 Å². The van der Waals surface area contributed by atoms with Gasteiger partial charge in [-0.3, -0.25) is 4.79 Å². The van der Waals surface area contributed by atoms with E-state index in [1.165, 1.54) is 26.4 Å². The number of nitrogens with one attached hydrogen (secondary N) is 2. The summed E-state index contributed by atoms with van der Waals surface area (Å²) in [5, 5.41) is 5.66. The molecule has 6 heteroatoms. The Hall–Kier alpha value is -0.178. The van der Waals surface area contributed by atoms with Crippen LogP contribution in [-0.2, 0) is 9.53 Å². The molecule has 0 rings (SSSR count). The Morgan fingerprint density at radius 3 is 1.94 bits per heavy atom. The van der Waals surface area contributed by atoms with Crippen LogP contribution in [0.1, 0.15) is 38.5 Å². The Morgan fingerprint density at radius 1 is 0.944 bits per heavy atom. The zero-order valence-corrected chi connectivity index (χ0v) is 15.7. The van der Waals surface area contributed by atoms with Crippen LogP contribution >= 0.6 is 0 Å². The molecule has 0 aliphatic rings. The summed E-state index contributed by atoms with van der Waals surface area (Å²) in [7, 11) is 1.52. The Balaban J connectivity index is 3.07. The maximum absolute atomic E-state index is 11.0. The standard InChI is InChI=1S/C12H23N2O3.Tl/c1-17-10-12(16)14-9-7-5-3-2-4-6-8-13-11-15;/h2-10H2,1H3,(H,13,15)(H,14,16);. The SMILES string of the molecule is COCC(=O)NCCCCCCCCN[C](=O)[Tl]. The average molecular weight is 448 g/mol. The van der Waals surface area contributed by atoms with Gasteiger partial charge in [0.05, 0.1) is 0 Å². The van der Waals surface area contributed by atoms with Crippen molar-refractivity contribution in [2.75, 3.05) is 26.8 Å². The van der Waals surface area contributed by atoms with Crippen LogP contribution in [0, 0.1) is 0 Å². The molecule has 0 aliphatic heterocycles. The van der Waals surface area contributed by atoms with Gasteiger partial charge in [-0.15, -0.1) is 0 Å². The van der Waals surface area contributed by atoms with E-state index >= 15 is 0 Å². The first-order chi connectivity index (χ1) is 8.66. The molecule has 18 heavy (non-hydrogen) atoms. The molecule has 0 saturated heterocycles. The van der Waals surface area contributed by atoms with Crippen molar-refractivity contribution in [3.05, 3.63) is 0 Å². The summed E-state index contributed by atoms with van der Waals surface area (Å²) in [5.41, 5.74) is 0. The van der Waals surface area contributed by atoms with Crippen molar-refractivity contribution in [1.82, 2.24) is 10.6 Å². The number of methoxy groups -OCH3 is 1. The maximum atomic E-state index is 11.0. The Bertz CT molecular complexity index is 237. The van der Waals surface area contributed by atoms with Gasteiger partial charge >= 0.3 is 102 Å². The quantitative estimate of drug-likeness (QED) is 0.366. The second kappa shape index (κ2) is 13.3. The summed E-state index contributed by atoms with van der Waals surface area (Å²) in [4.78, 5) is 21.7. The number of unbranched alkanes of at least 4 members (excludes halogenated alkanes) is 5. The molecule has 0 heterocycles. The summed E-state index contributed by atoms with van der Waals surface area (Å²) in [6, 6.07) is 0. The fraction of sp³-hybridized carbons (Fsp3) is 0.833. The normalized spacial score (nSPS) is 10.0. The zero-order chi connectivity index (χ0) is 13.6. The van der Waals surface area contributed by atoms with Crippen molar-refractivity contribution in [2.24, 2.45) is 0 Å². The van der Waals surface area contributed by atoms with E-state index in [1.807, 2.05) is 0 Å². The molecule has 0 aromatic heterocycles. The van der Waals surface area contributed by atoms with Crippen LogP contribution < -0.4 is 10.6 Å². The summed E-state index contributed by atoms with van der Waals surface area (Å²) in [6.07, 6.45) is 6.79. The topological polar surface area (TPSA) is 67.4 Å². The minimum atomic E-state index is -0.0444. The molecule has 2 N–H and O–H groups in total. The second-order valence-corrected chi connectivity index (χ2v) is 6.23. The van der Waals surface area contributed by atoms with E-state index in [0.29, 0.717) is 25.8 Å². The molecule has 0 bridgehead atoms. The molecule has 5 nitrogen and oxygen atoms in total. The van der Waals surface area contributed by atoms with Crippen molar-refractivity contribution < 1.29 is 14.3 Å². The molecule has 0 radical (unpaired) electrons. The molecule has 0 atom stereocenters. The third-order valence-corrected chi connectivity index (χ3v) is 3.29. The van der Waals surface area contributed by atoms with Crippen LogP contribution in [0.4, 0.5) is 4.79 Å². The van der Waals surface area contributed by atoms with Gasteiger partial charge in [0.2, 0.25) is 0 Å². The first-order valence-corrected chi connectivity index (χ1v) is 8.70. The van der Waals surface area contributed by atoms with Gasteiger partial charge in [0.15, 0.2) is 0 Å². The van der Waals surface area contributed by atoms with E-state index in [-0.39, 0.29) is 16.0 Å². The number of hydrogen-bond acceptors (Lipinski definition) is 3. The Labute approximate surface area is 125 Å². The summed E-state index contributed by atoms with van der Waals surface area (Å²) >= 11 is 0.406. The Morgan fingerprint density at radius 2 is 1.44 bits per heavy atom. The molecular weight excluding hydrogens is 425 g/mol. The number of carbonyl (C=O) groups excluding carboxylic acids is 2. The van der Waals surface area contributed by atoms with Crippen LogP contribution in [-0.4, -0.2) is 61.9 Å². The van der Waals surface area contributed by atoms with Gasteiger partial charge in [0.1, 0.15) is 6.61 Å². The molecule has 0 aliphatic carbocycles. The van der Waals surface area contributed by atoms with Crippen molar-refractivity contribution in [3.8, 4) is 0 Å². The molecule has 102 valence electrons. The second-order valence-electron chi connectivity index (χ2n) is 4.20. The molecule has 0 fully saturated rings. The van der Waals surface area contributed by atoms with Gasteiger partial charge < -0.3 is 4.74 Å². The van der Waals surface area contributed by atoms with Crippen molar-refractivity contribution in [2.45, 2.75) is 38.5 Å². The van der Waals surface area contributed by atoms with E-state index < -0.39 is 0 Å². The predicted octanol–water partition coefficient (Wildman–Crippen LogP) is 0.968. The van der Waals surface area contributed by atoms with Crippen molar-refractivity contribution >= 4 is 35.1 Å². The molecular formula is C12H23N2O3Tl. The molecule has 0 aromatic carbocycles. The van der Waals surface area contributed by atoms with Gasteiger partial charge in [0.25, 0.3) is 0 Å². The van der Waals surface area contributed by atoms with Crippen molar-refractivity contribution in [1.29, 1.82) is 0 Å². The third kappa shape index (κ3) is 13.9. The fourth-order valence-corrected chi connectivity index (χ4v) is 2.14. The number of carbonyl (C=O) groups is 2. The van der Waals surface area contributed by atoms with Gasteiger partial charge in [0, 0.05) is 7.11 Å². The number of ether oxygens (including phenoxy) is 1. The first kappa shape index (κ1) is 17.8.